The molecule has 0 saturated carbocycles. The quantitative estimate of drug-likeness (QED) is 0.756. The molecule has 0 unspecified atom stereocenters. The van der Waals surface area contributed by atoms with Gasteiger partial charge < -0.3 is 9.47 Å². The zero-order chi connectivity index (χ0) is 12.1. The molecule has 0 radical (unpaired) electrons. The van der Waals surface area contributed by atoms with E-state index in [1.165, 1.54) is 18.2 Å². The topological polar surface area (TPSA) is 35.5 Å². The van der Waals surface area contributed by atoms with Crippen LogP contribution in [0.3, 0.4) is 0 Å². The number of hydrogen-bond donors (Lipinski definition) is 0. The van der Waals surface area contributed by atoms with Gasteiger partial charge in [0.2, 0.25) is 0 Å². The third kappa shape index (κ3) is 3.61. The Bertz CT molecular complexity index is 386. The van der Waals surface area contributed by atoms with Crippen LogP contribution in [0.2, 0.25) is 0 Å². The van der Waals surface area contributed by atoms with Crippen LogP contribution in [0, 0.1) is 5.82 Å². The molecule has 0 N–H and O–H groups in total. The summed E-state index contributed by atoms with van der Waals surface area (Å²) in [4.78, 5) is 11.8. The molecule has 3 nitrogen and oxygen atoms in total. The molecule has 92 valence electrons. The molecule has 0 bridgehead atoms. The van der Waals surface area contributed by atoms with Gasteiger partial charge in [0.1, 0.15) is 5.82 Å². The summed E-state index contributed by atoms with van der Waals surface area (Å²) in [6, 6.07) is 5.74. The van der Waals surface area contributed by atoms with Crippen molar-refractivity contribution in [2.45, 2.75) is 25.6 Å². The minimum absolute atomic E-state index is 0.0812. The van der Waals surface area contributed by atoms with Crippen molar-refractivity contribution >= 4 is 5.78 Å². The number of rotatable bonds is 4. The summed E-state index contributed by atoms with van der Waals surface area (Å²) in [6.45, 7) is 1.36. The van der Waals surface area contributed by atoms with Gasteiger partial charge in [-0.2, -0.15) is 0 Å². The van der Waals surface area contributed by atoms with E-state index in [4.69, 9.17) is 9.47 Å². The molecule has 1 aliphatic heterocycles. The first-order valence-corrected chi connectivity index (χ1v) is 5.78. The molecular formula is C13H15FO3. The van der Waals surface area contributed by atoms with E-state index in [2.05, 4.69) is 0 Å². The SMILES string of the molecule is O=C(CCC1OCCCO1)c1cccc(F)c1. The van der Waals surface area contributed by atoms with Gasteiger partial charge in [-0.1, -0.05) is 12.1 Å². The Kier molecular flexibility index (Phi) is 4.23. The van der Waals surface area contributed by atoms with Gasteiger partial charge in [0.25, 0.3) is 0 Å². The van der Waals surface area contributed by atoms with Gasteiger partial charge in [-0.3, -0.25) is 4.79 Å². The molecule has 0 spiro atoms. The van der Waals surface area contributed by atoms with Gasteiger partial charge in [0.15, 0.2) is 12.1 Å². The van der Waals surface area contributed by atoms with Crippen LogP contribution in [0.15, 0.2) is 24.3 Å². The molecule has 1 fully saturated rings. The van der Waals surface area contributed by atoms with Crippen LogP contribution in [0.1, 0.15) is 29.6 Å². The summed E-state index contributed by atoms with van der Waals surface area (Å²) < 4.78 is 23.6. The van der Waals surface area contributed by atoms with Gasteiger partial charge in [-0.25, -0.2) is 4.39 Å². The Labute approximate surface area is 99.5 Å². The molecule has 2 rings (SSSR count). The van der Waals surface area contributed by atoms with E-state index in [0.29, 0.717) is 31.6 Å². The first-order chi connectivity index (χ1) is 8.25. The number of benzene rings is 1. The second-order valence-electron chi connectivity index (χ2n) is 4.00. The second kappa shape index (κ2) is 5.89. The van der Waals surface area contributed by atoms with E-state index in [-0.39, 0.29) is 17.9 Å². The molecule has 17 heavy (non-hydrogen) atoms. The lowest BCUT2D eigenvalue weighted by Crippen LogP contribution is -2.25. The highest BCUT2D eigenvalue weighted by atomic mass is 19.1. The van der Waals surface area contributed by atoms with Crippen molar-refractivity contribution in [2.24, 2.45) is 0 Å². The third-order valence-electron chi connectivity index (χ3n) is 2.65. The fraction of sp³-hybridized carbons (Fsp3) is 0.462. The molecule has 1 saturated heterocycles. The largest absolute Gasteiger partial charge is 0.353 e. The number of halogens is 1. The van der Waals surface area contributed by atoms with Gasteiger partial charge in [-0.15, -0.1) is 0 Å². The lowest BCUT2D eigenvalue weighted by atomic mass is 10.1. The van der Waals surface area contributed by atoms with Crippen molar-refractivity contribution in [3.8, 4) is 0 Å². The number of ketones is 1. The normalized spacial score (nSPS) is 17.0. The van der Waals surface area contributed by atoms with Crippen molar-refractivity contribution < 1.29 is 18.7 Å². The van der Waals surface area contributed by atoms with Crippen molar-refractivity contribution in [3.63, 3.8) is 0 Å². The Morgan fingerprint density at radius 1 is 1.35 bits per heavy atom. The van der Waals surface area contributed by atoms with E-state index in [1.807, 2.05) is 0 Å². The van der Waals surface area contributed by atoms with E-state index < -0.39 is 0 Å². The molecule has 1 aromatic carbocycles. The molecule has 0 atom stereocenters. The summed E-state index contributed by atoms with van der Waals surface area (Å²) >= 11 is 0. The van der Waals surface area contributed by atoms with Gasteiger partial charge in [-0.05, 0) is 18.6 Å². The zero-order valence-corrected chi connectivity index (χ0v) is 9.52. The van der Waals surface area contributed by atoms with E-state index >= 15 is 0 Å². The number of Topliss-reactive ketones (excluding diaryl/α,β-unsaturated/α-hetero) is 1. The molecular weight excluding hydrogens is 223 g/mol. The maximum atomic E-state index is 12.9. The number of hydrogen-bond acceptors (Lipinski definition) is 3. The smallest absolute Gasteiger partial charge is 0.163 e. The fourth-order valence-electron chi connectivity index (χ4n) is 1.76. The van der Waals surface area contributed by atoms with Crippen molar-refractivity contribution in [2.75, 3.05) is 13.2 Å². The highest BCUT2D eigenvalue weighted by molar-refractivity contribution is 5.95. The first-order valence-electron chi connectivity index (χ1n) is 5.78. The maximum absolute atomic E-state index is 12.9. The van der Waals surface area contributed by atoms with Crippen molar-refractivity contribution in [3.05, 3.63) is 35.6 Å². The average molecular weight is 238 g/mol. The first kappa shape index (κ1) is 12.2. The lowest BCUT2D eigenvalue weighted by Gasteiger charge is -2.22. The van der Waals surface area contributed by atoms with E-state index in [9.17, 15) is 9.18 Å². The average Bonchev–Trinajstić information content (AvgIpc) is 2.37. The summed E-state index contributed by atoms with van der Waals surface area (Å²) in [5.41, 5.74) is 0.404. The standard InChI is InChI=1S/C13H15FO3/c14-11-4-1-3-10(9-11)12(15)5-6-13-16-7-2-8-17-13/h1,3-4,9,13H,2,5-8H2. The van der Waals surface area contributed by atoms with Crippen LogP contribution in [0.25, 0.3) is 0 Å². The monoisotopic (exact) mass is 238 g/mol. The minimum atomic E-state index is -0.388. The van der Waals surface area contributed by atoms with Crippen LogP contribution < -0.4 is 0 Å². The van der Waals surface area contributed by atoms with Crippen LogP contribution in [0.4, 0.5) is 4.39 Å². The minimum Gasteiger partial charge on any atom is -0.353 e. The van der Waals surface area contributed by atoms with Crippen LogP contribution in [0.5, 0.6) is 0 Å². The van der Waals surface area contributed by atoms with Gasteiger partial charge >= 0.3 is 0 Å². The maximum Gasteiger partial charge on any atom is 0.163 e. The number of carbonyl (C=O) groups is 1. The Hall–Kier alpha value is -1.26. The molecule has 0 amide bonds. The highest BCUT2D eigenvalue weighted by Crippen LogP contribution is 2.14. The van der Waals surface area contributed by atoms with Crippen molar-refractivity contribution in [1.82, 2.24) is 0 Å². The fourth-order valence-corrected chi connectivity index (χ4v) is 1.76. The predicted molar refractivity (Wildman–Crippen MR) is 60.3 cm³/mol. The Morgan fingerprint density at radius 2 is 2.12 bits per heavy atom. The summed E-state index contributed by atoms with van der Waals surface area (Å²) in [6.07, 6.45) is 1.44. The molecule has 0 aliphatic carbocycles. The summed E-state index contributed by atoms with van der Waals surface area (Å²) in [5.74, 6) is -0.469. The molecule has 1 aliphatic rings. The van der Waals surface area contributed by atoms with Gasteiger partial charge in [0.05, 0.1) is 13.2 Å². The Balaban J connectivity index is 1.84. The number of carbonyl (C=O) groups excluding carboxylic acids is 1. The zero-order valence-electron chi connectivity index (χ0n) is 9.52. The van der Waals surface area contributed by atoms with Crippen LogP contribution in [-0.4, -0.2) is 25.3 Å². The van der Waals surface area contributed by atoms with Crippen molar-refractivity contribution in [1.29, 1.82) is 0 Å². The summed E-state index contributed by atoms with van der Waals surface area (Å²) in [7, 11) is 0. The lowest BCUT2D eigenvalue weighted by molar-refractivity contribution is -0.180. The predicted octanol–water partition coefficient (Wildman–Crippen LogP) is 2.55. The van der Waals surface area contributed by atoms with Gasteiger partial charge in [0, 0.05) is 18.4 Å². The molecule has 0 aromatic heterocycles. The molecule has 1 aromatic rings. The van der Waals surface area contributed by atoms with Crippen LogP contribution in [-0.2, 0) is 9.47 Å². The highest BCUT2D eigenvalue weighted by Gasteiger charge is 2.16. The van der Waals surface area contributed by atoms with Crippen LogP contribution >= 0.6 is 0 Å². The molecule has 4 heteroatoms. The third-order valence-corrected chi connectivity index (χ3v) is 2.65. The van der Waals surface area contributed by atoms with E-state index in [1.54, 1.807) is 6.07 Å². The Morgan fingerprint density at radius 3 is 2.82 bits per heavy atom. The number of ether oxygens (including phenoxy) is 2. The van der Waals surface area contributed by atoms with E-state index in [0.717, 1.165) is 6.42 Å². The molecule has 1 heterocycles. The summed E-state index contributed by atoms with van der Waals surface area (Å²) in [5, 5.41) is 0. The second-order valence-corrected chi connectivity index (χ2v) is 4.00.